The zero-order valence-corrected chi connectivity index (χ0v) is 17.6. The molecule has 9 heteroatoms. The molecule has 30 heavy (non-hydrogen) atoms. The van der Waals surface area contributed by atoms with E-state index in [9.17, 15) is 14.4 Å². The van der Waals surface area contributed by atoms with E-state index in [2.05, 4.69) is 5.32 Å². The van der Waals surface area contributed by atoms with Gasteiger partial charge in [0.2, 0.25) is 5.91 Å². The molecule has 8 nitrogen and oxygen atoms in total. The lowest BCUT2D eigenvalue weighted by atomic mass is 10.0. The fraction of sp³-hybridized carbons (Fsp3) is 0.333. The van der Waals surface area contributed by atoms with Crippen LogP contribution in [0.3, 0.4) is 0 Å². The molecule has 1 fully saturated rings. The highest BCUT2D eigenvalue weighted by atomic mass is 32.1. The molecule has 0 aliphatic carbocycles. The Morgan fingerprint density at radius 1 is 1.30 bits per heavy atom. The number of nitrogens with one attached hydrogen (secondary N) is 1. The van der Waals surface area contributed by atoms with Gasteiger partial charge in [-0.3, -0.25) is 14.5 Å². The first-order valence-electron chi connectivity index (χ1n) is 9.49. The van der Waals surface area contributed by atoms with E-state index in [-0.39, 0.29) is 13.0 Å². The first-order valence-corrected chi connectivity index (χ1v) is 10.4. The van der Waals surface area contributed by atoms with Crippen LogP contribution in [0.5, 0.6) is 5.75 Å². The minimum atomic E-state index is -1.19. The van der Waals surface area contributed by atoms with E-state index in [4.69, 9.17) is 10.00 Å². The molecule has 3 rings (SSSR count). The van der Waals surface area contributed by atoms with E-state index in [1.54, 1.807) is 43.3 Å². The van der Waals surface area contributed by atoms with Gasteiger partial charge in [-0.05, 0) is 49.6 Å². The topological polar surface area (TPSA) is 103 Å². The van der Waals surface area contributed by atoms with E-state index in [1.807, 2.05) is 18.4 Å². The van der Waals surface area contributed by atoms with Gasteiger partial charge in [-0.25, -0.2) is 4.79 Å². The van der Waals surface area contributed by atoms with Gasteiger partial charge in [-0.15, -0.1) is 11.3 Å². The largest absolute Gasteiger partial charge is 0.494 e. The summed E-state index contributed by atoms with van der Waals surface area (Å²) in [6.45, 7) is 3.76. The van der Waals surface area contributed by atoms with Crippen molar-refractivity contribution in [2.45, 2.75) is 25.8 Å². The molecule has 1 unspecified atom stereocenters. The van der Waals surface area contributed by atoms with Crippen LogP contribution in [0.2, 0.25) is 0 Å². The maximum atomic E-state index is 13.0. The van der Waals surface area contributed by atoms with Crippen LogP contribution in [0.15, 0.2) is 41.8 Å². The van der Waals surface area contributed by atoms with Crippen molar-refractivity contribution in [3.8, 4) is 11.8 Å². The zero-order chi connectivity index (χ0) is 21.7. The van der Waals surface area contributed by atoms with Crippen molar-refractivity contribution in [3.05, 3.63) is 46.7 Å². The van der Waals surface area contributed by atoms with Gasteiger partial charge in [0.1, 0.15) is 12.3 Å². The Morgan fingerprint density at radius 2 is 2.03 bits per heavy atom. The summed E-state index contributed by atoms with van der Waals surface area (Å²) >= 11 is 1.36. The standard InChI is InChI=1S/C21H22N4O4S/c1-3-29-16-9-7-15(8-10-16)24(12-5-11-22)18(26)14-25-19(27)21(2,23-20(25)28)17-6-4-13-30-17/h4,6-10,13H,3,5,12,14H2,1-2H3,(H,23,28). The highest BCUT2D eigenvalue weighted by Gasteiger charge is 2.50. The van der Waals surface area contributed by atoms with Gasteiger partial charge in [-0.2, -0.15) is 5.26 Å². The average molecular weight is 426 g/mol. The van der Waals surface area contributed by atoms with E-state index in [1.165, 1.54) is 16.2 Å². The van der Waals surface area contributed by atoms with E-state index < -0.39 is 29.9 Å². The number of hydrogen-bond donors (Lipinski definition) is 1. The van der Waals surface area contributed by atoms with Crippen molar-refractivity contribution >= 4 is 34.9 Å². The molecule has 0 radical (unpaired) electrons. The van der Waals surface area contributed by atoms with Crippen molar-refractivity contribution < 1.29 is 19.1 Å². The van der Waals surface area contributed by atoms with Gasteiger partial charge in [0.05, 0.1) is 19.1 Å². The molecule has 4 amide bonds. The van der Waals surface area contributed by atoms with E-state index >= 15 is 0 Å². The molecule has 0 bridgehead atoms. The number of nitrogens with zero attached hydrogens (tertiary/aromatic N) is 3. The number of rotatable bonds is 8. The molecule has 2 heterocycles. The fourth-order valence-corrected chi connectivity index (χ4v) is 4.07. The molecule has 1 saturated heterocycles. The summed E-state index contributed by atoms with van der Waals surface area (Å²) in [4.78, 5) is 41.5. The Kier molecular flexibility index (Phi) is 6.37. The summed E-state index contributed by atoms with van der Waals surface area (Å²) in [6, 6.07) is 11.9. The van der Waals surface area contributed by atoms with E-state index in [0.29, 0.717) is 22.9 Å². The van der Waals surface area contributed by atoms with E-state index in [0.717, 1.165) is 4.90 Å². The highest BCUT2D eigenvalue weighted by Crippen LogP contribution is 2.32. The third-order valence-corrected chi connectivity index (χ3v) is 5.88. The Labute approximate surface area is 178 Å². The Balaban J connectivity index is 1.79. The molecule has 0 saturated carbocycles. The first-order chi connectivity index (χ1) is 14.4. The van der Waals surface area contributed by atoms with Crippen molar-refractivity contribution in [2.75, 3.05) is 24.6 Å². The van der Waals surface area contributed by atoms with Crippen LogP contribution in [0.25, 0.3) is 0 Å². The third-order valence-electron chi connectivity index (χ3n) is 4.79. The Bertz CT molecular complexity index is 968. The summed E-state index contributed by atoms with van der Waals surface area (Å²) in [5.74, 6) is -0.265. The van der Waals surface area contributed by atoms with Crippen LogP contribution in [0, 0.1) is 11.3 Å². The molecule has 1 aromatic carbocycles. The van der Waals surface area contributed by atoms with Crippen LogP contribution in [-0.2, 0) is 15.1 Å². The predicted molar refractivity (Wildman–Crippen MR) is 112 cm³/mol. The predicted octanol–water partition coefficient (Wildman–Crippen LogP) is 2.86. The molecule has 1 aliphatic rings. The van der Waals surface area contributed by atoms with Crippen LogP contribution >= 0.6 is 11.3 Å². The molecule has 1 aliphatic heterocycles. The fourth-order valence-electron chi connectivity index (χ4n) is 3.24. The van der Waals surface area contributed by atoms with Crippen LogP contribution in [0.4, 0.5) is 10.5 Å². The summed E-state index contributed by atoms with van der Waals surface area (Å²) in [5, 5.41) is 13.5. The second-order valence-corrected chi connectivity index (χ2v) is 7.75. The summed E-state index contributed by atoms with van der Waals surface area (Å²) in [7, 11) is 0. The molecule has 1 aromatic heterocycles. The maximum Gasteiger partial charge on any atom is 0.325 e. The van der Waals surface area contributed by atoms with Crippen LogP contribution in [0.1, 0.15) is 25.1 Å². The smallest absolute Gasteiger partial charge is 0.325 e. The van der Waals surface area contributed by atoms with Gasteiger partial charge < -0.3 is 15.0 Å². The number of carbonyl (C=O) groups excluding carboxylic acids is 3. The summed E-state index contributed by atoms with van der Waals surface area (Å²) < 4.78 is 5.42. The minimum absolute atomic E-state index is 0.117. The quantitative estimate of drug-likeness (QED) is 0.654. The second-order valence-electron chi connectivity index (χ2n) is 6.80. The molecule has 2 aromatic rings. The number of benzene rings is 1. The van der Waals surface area contributed by atoms with Gasteiger partial charge in [-0.1, -0.05) is 6.07 Å². The number of hydrogen-bond acceptors (Lipinski definition) is 6. The summed E-state index contributed by atoms with van der Waals surface area (Å²) in [5.41, 5.74) is -0.630. The highest BCUT2D eigenvalue weighted by molar-refractivity contribution is 7.10. The van der Waals surface area contributed by atoms with Crippen molar-refractivity contribution in [1.82, 2.24) is 10.2 Å². The van der Waals surface area contributed by atoms with Gasteiger partial charge in [0.25, 0.3) is 5.91 Å². The molecule has 1 atom stereocenters. The first kappa shape index (κ1) is 21.3. The van der Waals surface area contributed by atoms with Crippen LogP contribution in [-0.4, -0.2) is 42.4 Å². The SMILES string of the molecule is CCOc1ccc(N(CCC#N)C(=O)CN2C(=O)NC(C)(c3cccs3)C2=O)cc1. The molecular formula is C21H22N4O4S. The average Bonchev–Trinajstić information content (AvgIpc) is 3.34. The molecule has 156 valence electrons. The van der Waals surface area contributed by atoms with Crippen molar-refractivity contribution in [2.24, 2.45) is 0 Å². The third kappa shape index (κ3) is 4.14. The Hall–Kier alpha value is -3.38. The number of anilines is 1. The molecule has 1 N–H and O–H groups in total. The number of carbonyl (C=O) groups is 3. The molecular weight excluding hydrogens is 404 g/mol. The van der Waals surface area contributed by atoms with Gasteiger partial charge in [0.15, 0.2) is 5.54 Å². The minimum Gasteiger partial charge on any atom is -0.494 e. The molecule has 0 spiro atoms. The number of amides is 4. The van der Waals surface area contributed by atoms with Gasteiger partial charge in [0, 0.05) is 17.1 Å². The number of imide groups is 1. The van der Waals surface area contributed by atoms with Crippen molar-refractivity contribution in [3.63, 3.8) is 0 Å². The number of thiophene rings is 1. The number of urea groups is 1. The number of nitriles is 1. The second kappa shape index (κ2) is 8.97. The number of ether oxygens (including phenoxy) is 1. The lowest BCUT2D eigenvalue weighted by molar-refractivity contribution is -0.134. The maximum absolute atomic E-state index is 13.0. The van der Waals surface area contributed by atoms with Crippen LogP contribution < -0.4 is 15.0 Å². The lowest BCUT2D eigenvalue weighted by Gasteiger charge is -2.25. The normalized spacial score (nSPS) is 18.1. The lowest BCUT2D eigenvalue weighted by Crippen LogP contribution is -2.44. The van der Waals surface area contributed by atoms with Gasteiger partial charge >= 0.3 is 6.03 Å². The summed E-state index contributed by atoms with van der Waals surface area (Å²) in [6.07, 6.45) is 0.117. The Morgan fingerprint density at radius 3 is 2.63 bits per heavy atom. The monoisotopic (exact) mass is 426 g/mol. The van der Waals surface area contributed by atoms with Crippen molar-refractivity contribution in [1.29, 1.82) is 5.26 Å². The zero-order valence-electron chi connectivity index (χ0n) is 16.8.